The Morgan fingerprint density at radius 1 is 0.362 bits per heavy atom. The Kier molecular flexibility index (Phi) is 45.4. The molecule has 6 fully saturated rings. The molecule has 0 amide bonds. The van der Waals surface area contributed by atoms with E-state index >= 15 is 0 Å². The van der Waals surface area contributed by atoms with Gasteiger partial charge in [-0.2, -0.15) is 4.99 Å². The Labute approximate surface area is 876 Å². The maximum atomic E-state index is 6.34. The number of nitrogens with one attached hydrogen (secondary N) is 6. The number of anilines is 7. The number of isothiocyanates is 1. The minimum absolute atomic E-state index is 0.149. The number of aliphatic imine (C=N–C) groups is 2. The Balaban J connectivity index is 0.000000183. The van der Waals surface area contributed by atoms with Gasteiger partial charge in [-0.15, -0.1) is 0 Å². The summed E-state index contributed by atoms with van der Waals surface area (Å²) >= 11 is 59.7. The van der Waals surface area contributed by atoms with E-state index in [2.05, 4.69) is 339 Å². The zero-order valence-electron chi connectivity index (χ0n) is 83.3. The van der Waals surface area contributed by atoms with Crippen molar-refractivity contribution < 1.29 is 0 Å². The maximum Gasteiger partial charge on any atom is 0.173 e. The average Bonchev–Trinajstić information content (AvgIpc) is 0.816. The molecule has 6 aromatic heterocycles. The summed E-state index contributed by atoms with van der Waals surface area (Å²) < 4.78 is 0. The van der Waals surface area contributed by atoms with Crippen molar-refractivity contribution in [2.75, 3.05) is 159 Å². The summed E-state index contributed by atoms with van der Waals surface area (Å²) in [5.41, 5.74) is 9.81. The predicted octanol–water partition coefficient (Wildman–Crippen LogP) is 24.2. The summed E-state index contributed by atoms with van der Waals surface area (Å²) in [7, 11) is 0. The van der Waals surface area contributed by atoms with E-state index in [0.29, 0.717) is 49.4 Å². The number of thiocarbonyl (C=S) groups is 3. The van der Waals surface area contributed by atoms with Crippen molar-refractivity contribution in [3.63, 3.8) is 0 Å². The van der Waals surface area contributed by atoms with Gasteiger partial charge in [-0.25, -0.2) is 34.9 Å². The van der Waals surface area contributed by atoms with Crippen LogP contribution in [-0.4, -0.2) is 225 Å². The zero-order chi connectivity index (χ0) is 100. The first-order chi connectivity index (χ1) is 65.6. The van der Waals surface area contributed by atoms with E-state index < -0.39 is 0 Å². The first-order valence-electron chi connectivity index (χ1n) is 47.1. The van der Waals surface area contributed by atoms with Crippen LogP contribution in [0.2, 0.25) is 35.3 Å². The molecule has 0 spiro atoms. The molecule has 0 aliphatic carbocycles. The molecular formula is C105H139Cl7N22S4. The molecule has 6 N–H and O–H groups in total. The topological polar surface area (TPSA) is 200 Å². The lowest BCUT2D eigenvalue weighted by Gasteiger charge is -2.41. The third-order valence-electron chi connectivity index (χ3n) is 23.6. The van der Waals surface area contributed by atoms with Crippen LogP contribution in [0.15, 0.2) is 217 Å². The molecule has 6 aliphatic rings. The molecule has 10 aromatic rings. The lowest BCUT2D eigenvalue weighted by atomic mass is 9.87. The van der Waals surface area contributed by atoms with Gasteiger partial charge >= 0.3 is 0 Å². The number of aromatic nitrogens is 6. The van der Waals surface area contributed by atoms with E-state index in [-0.39, 0.29) is 33.7 Å². The second kappa shape index (κ2) is 55.3. The van der Waals surface area contributed by atoms with Crippen molar-refractivity contribution in [1.29, 1.82) is 0 Å². The standard InChI is InChI=1S/C22H29ClN4S.2C21H27ClN4S.C11H13NS.2C10H14ClN3.C5H3Cl2N.C5H12N2/c1-16-15-26(20-19(23)7-6-12-24-20)13-14-27(16)21(28-5)25-18-10-8-17(9-11-18)22(2,3)4;2*1-15-14-25(19-18(22)6-5-11-23-19)12-13-26(15)20(27)24-17-9-7-16(8-10-17)21(2,3)4;1-11(2,3)9-4-6-10(7-5-9)12-8-13;2*1-8-7-14(6-5-12-8)10-9(11)3-2-4-13-10;6-4-2-1-3-8-5(4)7;1-5-4-6-2-3-7-5/h6-12,16H,13-15H2,1-5H3;2*5-11,15H,12-14H2,1-4H3,(H,24,27);4-7H,1-3H3;2*2-4,8,12H,5-7H2,1H3;1-3H;5-7H,2-4H2,1H3/t16-;2*15-;;2*8-;;5-/m111.11.1/s1. The molecule has 138 heavy (non-hydrogen) atoms. The number of thioether (sulfide) groups is 1. The fourth-order valence-corrected chi connectivity index (χ4v) is 18.8. The van der Waals surface area contributed by atoms with Gasteiger partial charge < -0.3 is 71.1 Å². The fourth-order valence-electron chi connectivity index (χ4n) is 15.8. The number of halogens is 7. The van der Waals surface area contributed by atoms with Crippen LogP contribution in [0.25, 0.3) is 0 Å². The van der Waals surface area contributed by atoms with Crippen LogP contribution in [0, 0.1) is 0 Å². The molecule has 6 aliphatic heterocycles. The van der Waals surface area contributed by atoms with Crippen molar-refractivity contribution in [3.8, 4) is 0 Å². The van der Waals surface area contributed by atoms with Gasteiger partial charge in [0.2, 0.25) is 0 Å². The maximum absolute atomic E-state index is 6.34. The number of benzene rings is 4. The molecule has 0 unspecified atom stereocenters. The Hall–Kier alpha value is -8.35. The molecule has 12 heterocycles. The highest BCUT2D eigenvalue weighted by molar-refractivity contribution is 8.13. The van der Waals surface area contributed by atoms with Crippen LogP contribution in [0.4, 0.5) is 51.8 Å². The molecule has 4 aromatic carbocycles. The molecule has 742 valence electrons. The van der Waals surface area contributed by atoms with Crippen molar-refractivity contribution in [2.45, 2.75) is 183 Å². The van der Waals surface area contributed by atoms with Gasteiger partial charge in [0.05, 0.1) is 46.7 Å². The minimum Gasteiger partial charge on any atom is -0.353 e. The van der Waals surface area contributed by atoms with Gasteiger partial charge in [-0.3, -0.25) is 0 Å². The first kappa shape index (κ1) is 113. The molecule has 16 rings (SSSR count). The average molecular weight is 2090 g/mol. The van der Waals surface area contributed by atoms with Crippen molar-refractivity contribution in [3.05, 3.63) is 265 Å². The monoisotopic (exact) mass is 2080 g/mol. The number of amidine groups is 1. The lowest BCUT2D eigenvalue weighted by Crippen LogP contribution is -2.55. The van der Waals surface area contributed by atoms with Crippen LogP contribution in [-0.2, 0) is 21.7 Å². The van der Waals surface area contributed by atoms with Crippen molar-refractivity contribution >= 4 is 202 Å². The largest absolute Gasteiger partial charge is 0.353 e. The number of hydrogen-bond acceptors (Lipinski definition) is 21. The van der Waals surface area contributed by atoms with Crippen LogP contribution in [0.5, 0.6) is 0 Å². The summed E-state index contributed by atoms with van der Waals surface area (Å²) in [6.07, 6.45) is 12.6. The van der Waals surface area contributed by atoms with Crippen LogP contribution in [0.1, 0.15) is 147 Å². The third kappa shape index (κ3) is 36.3. The summed E-state index contributed by atoms with van der Waals surface area (Å²) in [6.45, 7) is 56.6. The fraction of sp³-hybridized carbons (Fsp3) is 0.448. The Morgan fingerprint density at radius 2 is 0.659 bits per heavy atom. The van der Waals surface area contributed by atoms with Gasteiger partial charge in [-0.1, -0.05) is 225 Å². The Morgan fingerprint density at radius 3 is 0.913 bits per heavy atom. The van der Waals surface area contributed by atoms with Crippen molar-refractivity contribution in [1.82, 2.24) is 65.9 Å². The molecule has 0 radical (unpaired) electrons. The van der Waals surface area contributed by atoms with Gasteiger partial charge in [0.1, 0.15) is 34.2 Å². The normalized spacial score (nSPS) is 18.5. The van der Waals surface area contributed by atoms with E-state index in [1.807, 2.05) is 72.8 Å². The molecule has 22 nitrogen and oxygen atoms in total. The predicted molar refractivity (Wildman–Crippen MR) is 604 cm³/mol. The van der Waals surface area contributed by atoms with E-state index in [0.717, 1.165) is 195 Å². The van der Waals surface area contributed by atoms with E-state index in [9.17, 15) is 0 Å². The number of nitrogens with zero attached hydrogens (tertiary/aromatic N) is 16. The molecule has 6 saturated heterocycles. The van der Waals surface area contributed by atoms with Gasteiger partial charge in [0.15, 0.2) is 15.4 Å². The summed E-state index contributed by atoms with van der Waals surface area (Å²) in [5, 5.41) is 29.5. The minimum atomic E-state index is 0.149. The quantitative estimate of drug-likeness (QED) is 0.0345. The highest BCUT2D eigenvalue weighted by Crippen LogP contribution is 2.35. The van der Waals surface area contributed by atoms with Crippen LogP contribution in [0.3, 0.4) is 0 Å². The van der Waals surface area contributed by atoms with Gasteiger partial charge in [-0.05, 0) is 250 Å². The first-order valence-corrected chi connectivity index (χ1v) is 52.2. The van der Waals surface area contributed by atoms with E-state index in [4.69, 9.17) is 111 Å². The Bertz CT molecular complexity index is 5280. The number of piperazine rings is 6. The second-order valence-electron chi connectivity index (χ2n) is 38.9. The summed E-state index contributed by atoms with van der Waals surface area (Å²) in [6, 6.07) is 58.4. The van der Waals surface area contributed by atoms with Gasteiger partial charge in [0, 0.05) is 203 Å². The summed E-state index contributed by atoms with van der Waals surface area (Å²) in [4.78, 5) is 52.5. The lowest BCUT2D eigenvalue weighted by molar-refractivity contribution is 0.301. The number of hydrogen-bond donors (Lipinski definition) is 6. The molecule has 0 bridgehead atoms. The van der Waals surface area contributed by atoms with Crippen molar-refractivity contribution in [2.24, 2.45) is 9.98 Å². The SMILES string of the molecule is CC(C)(C)c1ccc(N=C=S)cc1.CSC(=Nc1ccc(C(C)(C)C)cc1)N1CCN(c2ncccc2Cl)C[C@H]1C.C[C@@H]1CN(c2ncccc2Cl)CCN1.C[C@@H]1CN(c2ncccc2Cl)CCN1.C[C@@H]1CN(c2ncccc2Cl)CCN1C(=S)Nc1ccc(C(C)(C)C)cc1.C[C@@H]1CN(c2ncccc2Cl)CCN1C(=S)Nc1ccc(C(C)(C)C)cc1.C[C@@H]1CNCCN1.Clc1cccnc1Cl. The number of rotatable bonds is 9. The second-order valence-corrected chi connectivity index (χ2v) is 43.4. The number of pyridine rings is 6. The highest BCUT2D eigenvalue weighted by Gasteiger charge is 2.32. The van der Waals surface area contributed by atoms with E-state index in [1.54, 1.807) is 61.1 Å². The summed E-state index contributed by atoms with van der Waals surface area (Å²) in [5.74, 6) is 4.38. The zero-order valence-corrected chi connectivity index (χ0v) is 91.8. The third-order valence-corrected chi connectivity index (χ3v) is 27.2. The molecular weight excluding hydrogens is 1950 g/mol. The van der Waals surface area contributed by atoms with Crippen LogP contribution < -0.4 is 56.4 Å². The molecule has 0 saturated carbocycles. The van der Waals surface area contributed by atoms with Gasteiger partial charge in [0.25, 0.3) is 0 Å². The smallest absolute Gasteiger partial charge is 0.173 e. The van der Waals surface area contributed by atoms with Crippen LogP contribution >= 0.6 is 130 Å². The highest BCUT2D eigenvalue weighted by atomic mass is 35.5. The molecule has 6 atom stereocenters. The molecule has 33 heteroatoms. The van der Waals surface area contributed by atoms with E-state index in [1.165, 1.54) is 22.3 Å².